The molecule has 25 heavy (non-hydrogen) atoms. The van der Waals surface area contributed by atoms with Gasteiger partial charge in [0, 0.05) is 10.6 Å². The molecule has 2 rings (SSSR count). The maximum Gasteiger partial charge on any atom is 0.137 e. The van der Waals surface area contributed by atoms with Gasteiger partial charge in [0.1, 0.15) is 38.1 Å². The molecule has 0 saturated carbocycles. The molecule has 0 heterocycles. The van der Waals surface area contributed by atoms with Crippen LogP contribution in [-0.4, -0.2) is 42.6 Å². The molecule has 0 amide bonds. The minimum Gasteiger partial charge on any atom is -0.491 e. The van der Waals surface area contributed by atoms with Gasteiger partial charge in [-0.25, -0.2) is 0 Å². The van der Waals surface area contributed by atoms with Gasteiger partial charge in [0.2, 0.25) is 0 Å². The van der Waals surface area contributed by atoms with Crippen LogP contribution in [0.5, 0.6) is 5.75 Å². The average Bonchev–Trinajstić information content (AvgIpc) is 2.59. The molecule has 0 spiro atoms. The standard InChI is InChI=1S/C20H26ClNO3/c1-15-10-19(11-16(2)20(15)21)25-14-18(24)13-22(8-9-23)12-17-6-4-3-5-7-17/h3-7,10-11,18,23-24H,8-9,12-14H2,1-2H3/p+1/t18-/m0/s1. The van der Waals surface area contributed by atoms with Crippen molar-refractivity contribution in [1.82, 2.24) is 0 Å². The number of hydrogen-bond donors (Lipinski definition) is 3. The van der Waals surface area contributed by atoms with Crippen molar-refractivity contribution in [2.75, 3.05) is 26.3 Å². The zero-order valence-corrected chi connectivity index (χ0v) is 15.6. The summed E-state index contributed by atoms with van der Waals surface area (Å²) in [6.45, 7) is 6.04. The molecule has 2 atom stereocenters. The number of rotatable bonds is 9. The van der Waals surface area contributed by atoms with E-state index in [1.165, 1.54) is 5.56 Å². The Labute approximate surface area is 154 Å². The van der Waals surface area contributed by atoms with E-state index in [2.05, 4.69) is 12.1 Å². The molecule has 0 aliphatic rings. The van der Waals surface area contributed by atoms with Crippen LogP contribution >= 0.6 is 11.6 Å². The molecule has 2 aromatic rings. The monoisotopic (exact) mass is 364 g/mol. The van der Waals surface area contributed by atoms with E-state index in [1.807, 2.05) is 44.2 Å². The number of aryl methyl sites for hydroxylation is 2. The molecule has 0 saturated heterocycles. The number of aliphatic hydroxyl groups is 2. The summed E-state index contributed by atoms with van der Waals surface area (Å²) >= 11 is 6.16. The topological polar surface area (TPSA) is 54.1 Å². The number of nitrogens with one attached hydrogen (secondary N) is 1. The predicted molar refractivity (Wildman–Crippen MR) is 100 cm³/mol. The smallest absolute Gasteiger partial charge is 0.137 e. The van der Waals surface area contributed by atoms with Crippen LogP contribution in [0.2, 0.25) is 5.02 Å². The Morgan fingerprint density at radius 1 is 1.12 bits per heavy atom. The maximum absolute atomic E-state index is 10.3. The molecule has 0 aliphatic carbocycles. The normalized spacial score (nSPS) is 13.5. The zero-order chi connectivity index (χ0) is 18.2. The van der Waals surface area contributed by atoms with Gasteiger partial charge in [-0.15, -0.1) is 0 Å². The first kappa shape index (κ1) is 19.7. The first-order chi connectivity index (χ1) is 12.0. The average molecular weight is 365 g/mol. The van der Waals surface area contributed by atoms with Crippen LogP contribution in [-0.2, 0) is 6.54 Å². The third-order valence-corrected chi connectivity index (χ3v) is 4.74. The Morgan fingerprint density at radius 2 is 1.76 bits per heavy atom. The van der Waals surface area contributed by atoms with Gasteiger partial charge in [0.25, 0.3) is 0 Å². The Bertz CT molecular complexity index is 640. The van der Waals surface area contributed by atoms with Gasteiger partial charge in [0.15, 0.2) is 0 Å². The molecule has 2 aromatic carbocycles. The lowest BCUT2D eigenvalue weighted by Gasteiger charge is -2.22. The molecule has 1 unspecified atom stereocenters. The highest BCUT2D eigenvalue weighted by Gasteiger charge is 2.16. The maximum atomic E-state index is 10.3. The molecule has 0 radical (unpaired) electrons. The Hall–Kier alpha value is -1.59. The highest BCUT2D eigenvalue weighted by Crippen LogP contribution is 2.25. The van der Waals surface area contributed by atoms with Crippen molar-refractivity contribution in [3.63, 3.8) is 0 Å². The van der Waals surface area contributed by atoms with Crippen molar-refractivity contribution in [1.29, 1.82) is 0 Å². The van der Waals surface area contributed by atoms with Gasteiger partial charge in [-0.05, 0) is 37.1 Å². The molecular weight excluding hydrogens is 338 g/mol. The zero-order valence-electron chi connectivity index (χ0n) is 14.8. The summed E-state index contributed by atoms with van der Waals surface area (Å²) in [6.07, 6.45) is -0.610. The predicted octanol–water partition coefficient (Wildman–Crippen LogP) is 1.77. The van der Waals surface area contributed by atoms with Crippen LogP contribution in [0.1, 0.15) is 16.7 Å². The fraction of sp³-hybridized carbons (Fsp3) is 0.400. The van der Waals surface area contributed by atoms with E-state index in [1.54, 1.807) is 0 Å². The van der Waals surface area contributed by atoms with Gasteiger partial charge >= 0.3 is 0 Å². The lowest BCUT2D eigenvalue weighted by molar-refractivity contribution is -0.917. The van der Waals surface area contributed by atoms with E-state index in [0.717, 1.165) is 27.6 Å². The number of ether oxygens (including phenoxy) is 1. The van der Waals surface area contributed by atoms with Crippen LogP contribution in [0, 0.1) is 13.8 Å². The van der Waals surface area contributed by atoms with Crippen molar-refractivity contribution in [3.05, 3.63) is 64.2 Å². The van der Waals surface area contributed by atoms with E-state index in [0.29, 0.717) is 18.8 Å². The third-order valence-electron chi connectivity index (χ3n) is 4.14. The van der Waals surface area contributed by atoms with Crippen molar-refractivity contribution < 1.29 is 19.8 Å². The molecule has 5 heteroatoms. The molecular formula is C20H27ClNO3+. The van der Waals surface area contributed by atoms with Crippen LogP contribution in [0.15, 0.2) is 42.5 Å². The second-order valence-corrected chi connectivity index (χ2v) is 6.80. The van der Waals surface area contributed by atoms with Crippen LogP contribution in [0.4, 0.5) is 0 Å². The summed E-state index contributed by atoms with van der Waals surface area (Å²) in [6, 6.07) is 13.8. The van der Waals surface area contributed by atoms with Crippen molar-refractivity contribution in [3.8, 4) is 5.75 Å². The summed E-state index contributed by atoms with van der Waals surface area (Å²) < 4.78 is 5.73. The van der Waals surface area contributed by atoms with E-state index >= 15 is 0 Å². The fourth-order valence-corrected chi connectivity index (χ4v) is 2.99. The summed E-state index contributed by atoms with van der Waals surface area (Å²) in [5.74, 6) is 0.713. The molecule has 3 N–H and O–H groups in total. The van der Waals surface area contributed by atoms with Crippen LogP contribution in [0.25, 0.3) is 0 Å². The van der Waals surface area contributed by atoms with E-state index in [9.17, 15) is 10.2 Å². The highest BCUT2D eigenvalue weighted by molar-refractivity contribution is 6.32. The number of hydrogen-bond acceptors (Lipinski definition) is 3. The first-order valence-electron chi connectivity index (χ1n) is 8.55. The Balaban J connectivity index is 1.89. The summed E-state index contributed by atoms with van der Waals surface area (Å²) in [5, 5.41) is 20.3. The molecule has 4 nitrogen and oxygen atoms in total. The number of aliphatic hydroxyl groups excluding tert-OH is 2. The SMILES string of the molecule is Cc1cc(OC[C@@H](O)C[NH+](CCO)Cc2ccccc2)cc(C)c1Cl. The number of quaternary nitrogens is 1. The highest BCUT2D eigenvalue weighted by atomic mass is 35.5. The Morgan fingerprint density at radius 3 is 2.36 bits per heavy atom. The second-order valence-electron chi connectivity index (χ2n) is 6.43. The third kappa shape index (κ3) is 6.33. The quantitative estimate of drug-likeness (QED) is 0.635. The minimum atomic E-state index is -0.610. The molecule has 0 fully saturated rings. The molecule has 136 valence electrons. The van der Waals surface area contributed by atoms with E-state index in [-0.39, 0.29) is 13.2 Å². The van der Waals surface area contributed by atoms with E-state index in [4.69, 9.17) is 16.3 Å². The largest absolute Gasteiger partial charge is 0.491 e. The van der Waals surface area contributed by atoms with Gasteiger partial charge in [0.05, 0.1) is 6.61 Å². The molecule has 0 bridgehead atoms. The summed E-state index contributed by atoms with van der Waals surface area (Å²) in [5.41, 5.74) is 3.11. The molecule has 0 aliphatic heterocycles. The fourth-order valence-electron chi connectivity index (χ4n) is 2.88. The summed E-state index contributed by atoms with van der Waals surface area (Å²) in [7, 11) is 0. The van der Waals surface area contributed by atoms with Crippen LogP contribution < -0.4 is 9.64 Å². The first-order valence-corrected chi connectivity index (χ1v) is 8.93. The number of benzene rings is 2. The summed E-state index contributed by atoms with van der Waals surface area (Å²) in [4.78, 5) is 1.12. The minimum absolute atomic E-state index is 0.0886. The van der Waals surface area contributed by atoms with Crippen molar-refractivity contribution in [2.24, 2.45) is 0 Å². The number of halogens is 1. The Kier molecular flexibility index (Phi) is 7.72. The van der Waals surface area contributed by atoms with Crippen LogP contribution in [0.3, 0.4) is 0 Å². The van der Waals surface area contributed by atoms with Gasteiger partial charge in [-0.3, -0.25) is 0 Å². The van der Waals surface area contributed by atoms with Gasteiger partial charge in [-0.2, -0.15) is 0 Å². The van der Waals surface area contributed by atoms with Crippen molar-refractivity contribution in [2.45, 2.75) is 26.5 Å². The lowest BCUT2D eigenvalue weighted by Crippen LogP contribution is -3.12. The molecule has 0 aromatic heterocycles. The lowest BCUT2D eigenvalue weighted by atomic mass is 10.1. The van der Waals surface area contributed by atoms with Crippen molar-refractivity contribution >= 4 is 11.6 Å². The van der Waals surface area contributed by atoms with Gasteiger partial charge in [-0.1, -0.05) is 41.9 Å². The van der Waals surface area contributed by atoms with Gasteiger partial charge < -0.3 is 19.8 Å². The second kappa shape index (κ2) is 9.78. The van der Waals surface area contributed by atoms with E-state index < -0.39 is 6.10 Å².